The topological polar surface area (TPSA) is 32.3 Å². The van der Waals surface area contributed by atoms with Gasteiger partial charge in [0.1, 0.15) is 0 Å². The number of rotatable bonds is 3. The third-order valence-electron chi connectivity index (χ3n) is 5.70. The van der Waals surface area contributed by atoms with Gasteiger partial charge in [-0.3, -0.25) is 0 Å². The number of hydrogen-bond donors (Lipinski definition) is 2. The first-order chi connectivity index (χ1) is 9.61. The van der Waals surface area contributed by atoms with E-state index in [0.29, 0.717) is 17.9 Å². The van der Waals surface area contributed by atoms with Crippen LogP contribution in [0.25, 0.3) is 0 Å². The maximum Gasteiger partial charge on any atom is 0.0657 e. The van der Waals surface area contributed by atoms with Gasteiger partial charge in [0.2, 0.25) is 0 Å². The quantitative estimate of drug-likeness (QED) is 0.895. The molecule has 4 aliphatic carbocycles. The van der Waals surface area contributed by atoms with Gasteiger partial charge in [-0.25, -0.2) is 0 Å². The van der Waals surface area contributed by atoms with Crippen LogP contribution in [0.15, 0.2) is 24.3 Å². The molecule has 0 aromatic heterocycles. The van der Waals surface area contributed by atoms with E-state index in [4.69, 9.17) is 11.6 Å². The smallest absolute Gasteiger partial charge is 0.0657 e. The van der Waals surface area contributed by atoms with Crippen molar-refractivity contribution in [2.24, 2.45) is 17.8 Å². The average Bonchev–Trinajstić information content (AvgIpc) is 2.38. The average molecular weight is 292 g/mol. The summed E-state index contributed by atoms with van der Waals surface area (Å²) < 4.78 is 0. The van der Waals surface area contributed by atoms with Gasteiger partial charge in [0.15, 0.2) is 0 Å². The lowest BCUT2D eigenvalue weighted by molar-refractivity contribution is -0.138. The van der Waals surface area contributed by atoms with E-state index in [9.17, 15) is 5.11 Å². The molecule has 3 heteroatoms. The minimum Gasteiger partial charge on any atom is -0.390 e. The van der Waals surface area contributed by atoms with E-state index in [1.807, 2.05) is 12.1 Å². The fraction of sp³-hybridized carbons (Fsp3) is 0.647. The van der Waals surface area contributed by atoms with Crippen LogP contribution in [0.4, 0.5) is 0 Å². The molecule has 0 heterocycles. The van der Waals surface area contributed by atoms with Crippen molar-refractivity contribution < 1.29 is 5.11 Å². The number of nitrogens with one attached hydrogen (secondary N) is 1. The van der Waals surface area contributed by atoms with Crippen molar-refractivity contribution in [3.8, 4) is 0 Å². The highest BCUT2D eigenvalue weighted by atomic mass is 35.5. The lowest BCUT2D eigenvalue weighted by Crippen LogP contribution is -2.60. The van der Waals surface area contributed by atoms with Crippen LogP contribution in [-0.4, -0.2) is 16.7 Å². The summed E-state index contributed by atoms with van der Waals surface area (Å²) in [5.74, 6) is 2.14. The van der Waals surface area contributed by atoms with E-state index in [0.717, 1.165) is 36.7 Å². The normalized spacial score (nSPS) is 42.1. The van der Waals surface area contributed by atoms with Gasteiger partial charge in [0.05, 0.1) is 5.60 Å². The van der Waals surface area contributed by atoms with E-state index in [2.05, 4.69) is 17.4 Å². The molecule has 2 unspecified atom stereocenters. The van der Waals surface area contributed by atoms with Crippen molar-refractivity contribution >= 4 is 11.6 Å². The number of hydrogen-bond acceptors (Lipinski definition) is 2. The summed E-state index contributed by atoms with van der Waals surface area (Å²) in [6.45, 7) is 0.915. The van der Waals surface area contributed by atoms with Crippen LogP contribution in [0.3, 0.4) is 0 Å². The van der Waals surface area contributed by atoms with Gasteiger partial charge < -0.3 is 10.4 Å². The Morgan fingerprint density at radius 3 is 2.35 bits per heavy atom. The second-order valence-electron chi connectivity index (χ2n) is 7.23. The highest BCUT2D eigenvalue weighted by molar-refractivity contribution is 6.30. The molecule has 0 saturated heterocycles. The first-order valence-corrected chi connectivity index (χ1v) is 8.19. The van der Waals surface area contributed by atoms with Crippen molar-refractivity contribution in [2.45, 2.75) is 50.3 Å². The van der Waals surface area contributed by atoms with Crippen molar-refractivity contribution in [1.82, 2.24) is 5.32 Å². The largest absolute Gasteiger partial charge is 0.390 e. The van der Waals surface area contributed by atoms with Crippen molar-refractivity contribution in [3.05, 3.63) is 34.9 Å². The highest BCUT2D eigenvalue weighted by Gasteiger charge is 2.54. The maximum absolute atomic E-state index is 10.6. The van der Waals surface area contributed by atoms with E-state index in [1.165, 1.54) is 18.4 Å². The predicted octanol–water partition coefficient (Wildman–Crippen LogP) is 3.37. The summed E-state index contributed by atoms with van der Waals surface area (Å²) in [5, 5.41) is 15.2. The highest BCUT2D eigenvalue weighted by Crippen LogP contribution is 2.55. The summed E-state index contributed by atoms with van der Waals surface area (Å²) in [6, 6.07) is 8.70. The first kappa shape index (κ1) is 13.1. The molecule has 20 heavy (non-hydrogen) atoms. The van der Waals surface area contributed by atoms with E-state index >= 15 is 0 Å². The van der Waals surface area contributed by atoms with Crippen molar-refractivity contribution in [2.75, 3.05) is 0 Å². The molecule has 108 valence electrons. The number of halogens is 1. The number of aliphatic hydroxyl groups is 1. The molecule has 4 bridgehead atoms. The summed E-state index contributed by atoms with van der Waals surface area (Å²) in [5.41, 5.74) is 0.969. The van der Waals surface area contributed by atoms with E-state index in [1.54, 1.807) is 0 Å². The Kier molecular flexibility index (Phi) is 3.10. The molecular formula is C17H22ClNO. The van der Waals surface area contributed by atoms with Crippen molar-refractivity contribution in [3.63, 3.8) is 0 Å². The predicted molar refractivity (Wildman–Crippen MR) is 80.6 cm³/mol. The van der Waals surface area contributed by atoms with Gasteiger partial charge in [-0.15, -0.1) is 0 Å². The summed E-state index contributed by atoms with van der Waals surface area (Å²) in [6.07, 6.45) is 5.72. The molecular weight excluding hydrogens is 270 g/mol. The second kappa shape index (κ2) is 4.72. The molecule has 4 fully saturated rings. The Morgan fingerprint density at radius 1 is 1.10 bits per heavy atom. The van der Waals surface area contributed by atoms with E-state index < -0.39 is 0 Å². The Bertz CT molecular complexity index is 484. The fourth-order valence-corrected chi connectivity index (χ4v) is 5.28. The molecule has 2 nitrogen and oxygen atoms in total. The van der Waals surface area contributed by atoms with Crippen LogP contribution in [0.5, 0.6) is 0 Å². The molecule has 4 saturated carbocycles. The molecule has 0 spiro atoms. The second-order valence-corrected chi connectivity index (χ2v) is 7.66. The monoisotopic (exact) mass is 291 g/mol. The van der Waals surface area contributed by atoms with Gasteiger partial charge in [-0.2, -0.15) is 0 Å². The molecule has 1 aromatic rings. The van der Waals surface area contributed by atoms with Crippen LogP contribution < -0.4 is 5.32 Å². The lowest BCUT2D eigenvalue weighted by atomic mass is 9.52. The molecule has 5 rings (SSSR count). The lowest BCUT2D eigenvalue weighted by Gasteiger charge is -2.58. The SMILES string of the molecule is O[C@]12CC3CC(C1)[C@@H](NCc1ccc(Cl)cc1)C(C3)C2. The summed E-state index contributed by atoms with van der Waals surface area (Å²) >= 11 is 5.93. The third-order valence-corrected chi connectivity index (χ3v) is 5.95. The minimum atomic E-state index is -0.324. The van der Waals surface area contributed by atoms with Gasteiger partial charge in [-0.05, 0) is 67.6 Å². The standard InChI is InChI=1S/C17H22ClNO/c18-15-3-1-11(2-4-15)10-19-16-13-5-12-6-14(16)9-17(20,7-12)8-13/h1-4,12-14,16,19-20H,5-10H2/t12?,13?,14?,16-,17-. The van der Waals surface area contributed by atoms with Gasteiger partial charge in [0, 0.05) is 17.6 Å². The third kappa shape index (κ3) is 2.28. The van der Waals surface area contributed by atoms with Crippen LogP contribution in [0.2, 0.25) is 5.02 Å². The van der Waals surface area contributed by atoms with Gasteiger partial charge in [-0.1, -0.05) is 23.7 Å². The van der Waals surface area contributed by atoms with Gasteiger partial charge in [0.25, 0.3) is 0 Å². The van der Waals surface area contributed by atoms with Gasteiger partial charge >= 0.3 is 0 Å². The van der Waals surface area contributed by atoms with Crippen LogP contribution in [-0.2, 0) is 6.54 Å². The molecule has 0 amide bonds. The molecule has 2 N–H and O–H groups in total. The zero-order valence-corrected chi connectivity index (χ0v) is 12.4. The Balaban J connectivity index is 1.44. The van der Waals surface area contributed by atoms with Crippen LogP contribution in [0.1, 0.15) is 37.7 Å². The Labute approximate surface area is 125 Å². The molecule has 0 radical (unpaired) electrons. The summed E-state index contributed by atoms with van der Waals surface area (Å²) in [7, 11) is 0. The Hall–Kier alpha value is -0.570. The maximum atomic E-state index is 10.6. The van der Waals surface area contributed by atoms with Crippen molar-refractivity contribution in [1.29, 1.82) is 0 Å². The summed E-state index contributed by atoms with van der Waals surface area (Å²) in [4.78, 5) is 0. The van der Waals surface area contributed by atoms with Crippen LogP contribution in [0, 0.1) is 17.8 Å². The first-order valence-electron chi connectivity index (χ1n) is 7.81. The minimum absolute atomic E-state index is 0.324. The molecule has 0 aliphatic heterocycles. The molecule has 1 aromatic carbocycles. The zero-order chi connectivity index (χ0) is 13.7. The zero-order valence-electron chi connectivity index (χ0n) is 11.7. The number of benzene rings is 1. The van der Waals surface area contributed by atoms with Crippen LogP contribution >= 0.6 is 11.6 Å². The fourth-order valence-electron chi connectivity index (χ4n) is 5.15. The molecule has 2 atom stereocenters. The van der Waals surface area contributed by atoms with E-state index in [-0.39, 0.29) is 5.60 Å². The molecule has 4 aliphatic rings. The Morgan fingerprint density at radius 2 is 1.75 bits per heavy atom.